The van der Waals surface area contributed by atoms with Crippen LogP contribution in [-0.2, 0) is 0 Å². The third-order valence-corrected chi connectivity index (χ3v) is 3.44. The van der Waals surface area contributed by atoms with Crippen LogP contribution < -0.4 is 5.73 Å². The first-order chi connectivity index (χ1) is 4.60. The van der Waals surface area contributed by atoms with Gasteiger partial charge in [0, 0.05) is 5.54 Å². The van der Waals surface area contributed by atoms with Crippen molar-refractivity contribution in [3.63, 3.8) is 0 Å². The summed E-state index contributed by atoms with van der Waals surface area (Å²) < 4.78 is 0. The van der Waals surface area contributed by atoms with Gasteiger partial charge in [-0.3, -0.25) is 0 Å². The molecule has 3 N–H and O–H groups in total. The lowest BCUT2D eigenvalue weighted by Crippen LogP contribution is -2.64. The summed E-state index contributed by atoms with van der Waals surface area (Å²) in [6.07, 6.45) is 3.07. The maximum Gasteiger partial charge on any atom is 0.0547 e. The summed E-state index contributed by atoms with van der Waals surface area (Å²) in [7, 11) is 0. The van der Waals surface area contributed by atoms with Crippen LogP contribution in [0.2, 0.25) is 0 Å². The fraction of sp³-hybridized carbons (Fsp3) is 1.00. The minimum atomic E-state index is -0.0552. The van der Waals surface area contributed by atoms with Gasteiger partial charge in [0.25, 0.3) is 0 Å². The largest absolute Gasteiger partial charge is 0.393 e. The molecule has 2 unspecified atom stereocenters. The Kier molecular flexibility index (Phi) is 1.15. The quantitative estimate of drug-likeness (QED) is 0.516. The van der Waals surface area contributed by atoms with Gasteiger partial charge in [-0.2, -0.15) is 0 Å². The maximum atomic E-state index is 9.29. The average Bonchev–Trinajstić information content (AvgIpc) is 1.87. The molecule has 3 saturated carbocycles. The predicted molar refractivity (Wildman–Crippen MR) is 39.4 cm³/mol. The topological polar surface area (TPSA) is 46.2 Å². The van der Waals surface area contributed by atoms with Gasteiger partial charge >= 0.3 is 0 Å². The Hall–Kier alpha value is -0.0800. The zero-order valence-electron chi connectivity index (χ0n) is 6.38. The zero-order chi connectivity index (χ0) is 7.35. The molecule has 2 nitrogen and oxygen atoms in total. The Morgan fingerprint density at radius 3 is 2.10 bits per heavy atom. The standard InChI is InChI=1S/C8H15NO/c1-8(9)5-2-6(8)4-7(10)3-5/h5-7,10H,2-4,9H2,1H3/t5-,6+,7?,8?. The number of nitrogens with two attached hydrogens (primary N) is 1. The lowest BCUT2D eigenvalue weighted by Gasteiger charge is -2.57. The molecular formula is C8H15NO. The molecule has 3 aliphatic carbocycles. The highest BCUT2D eigenvalue weighted by atomic mass is 16.3. The van der Waals surface area contributed by atoms with Crippen molar-refractivity contribution in [2.45, 2.75) is 37.8 Å². The Morgan fingerprint density at radius 2 is 1.80 bits per heavy atom. The van der Waals surface area contributed by atoms with Crippen molar-refractivity contribution in [1.82, 2.24) is 0 Å². The van der Waals surface area contributed by atoms with Gasteiger partial charge in [-0.15, -0.1) is 0 Å². The van der Waals surface area contributed by atoms with Crippen molar-refractivity contribution in [3.05, 3.63) is 0 Å². The van der Waals surface area contributed by atoms with Gasteiger partial charge in [0.15, 0.2) is 0 Å². The summed E-state index contributed by atoms with van der Waals surface area (Å²) in [6.45, 7) is 2.12. The molecule has 0 aliphatic heterocycles. The SMILES string of the molecule is CC1(N)[C@@H]2CC(O)C[C@H]1C2. The smallest absolute Gasteiger partial charge is 0.0547 e. The van der Waals surface area contributed by atoms with Crippen molar-refractivity contribution in [1.29, 1.82) is 0 Å². The van der Waals surface area contributed by atoms with Gasteiger partial charge in [0.2, 0.25) is 0 Å². The molecule has 0 aromatic heterocycles. The van der Waals surface area contributed by atoms with E-state index in [0.717, 1.165) is 12.8 Å². The minimum absolute atomic E-state index is 0.0548. The normalized spacial score (nSPS) is 59.7. The van der Waals surface area contributed by atoms with Gasteiger partial charge in [-0.25, -0.2) is 0 Å². The van der Waals surface area contributed by atoms with E-state index < -0.39 is 0 Å². The van der Waals surface area contributed by atoms with Crippen molar-refractivity contribution in [2.24, 2.45) is 17.6 Å². The molecule has 0 saturated heterocycles. The Bertz CT molecular complexity index is 141. The van der Waals surface area contributed by atoms with Crippen LogP contribution in [0.4, 0.5) is 0 Å². The van der Waals surface area contributed by atoms with Gasteiger partial charge in [0.1, 0.15) is 0 Å². The van der Waals surface area contributed by atoms with Crippen LogP contribution in [0.15, 0.2) is 0 Å². The highest BCUT2D eigenvalue weighted by molar-refractivity contribution is 5.08. The van der Waals surface area contributed by atoms with Crippen LogP contribution in [0.5, 0.6) is 0 Å². The Labute approximate surface area is 61.4 Å². The summed E-state index contributed by atoms with van der Waals surface area (Å²) in [6, 6.07) is 0. The molecule has 58 valence electrons. The molecule has 3 fully saturated rings. The van der Waals surface area contributed by atoms with Crippen molar-refractivity contribution >= 4 is 0 Å². The lowest BCUT2D eigenvalue weighted by molar-refractivity contribution is -0.0701. The van der Waals surface area contributed by atoms with E-state index >= 15 is 0 Å². The second kappa shape index (κ2) is 1.74. The average molecular weight is 141 g/mol. The fourth-order valence-corrected chi connectivity index (χ4v) is 2.48. The number of fused-ring (bicyclic) bond motifs is 2. The number of rotatable bonds is 0. The van der Waals surface area contributed by atoms with E-state index in [1.807, 2.05) is 0 Å². The summed E-state index contributed by atoms with van der Waals surface area (Å²) in [5.74, 6) is 1.20. The first kappa shape index (κ1) is 6.62. The summed E-state index contributed by atoms with van der Waals surface area (Å²) >= 11 is 0. The lowest BCUT2D eigenvalue weighted by atomic mass is 9.52. The van der Waals surface area contributed by atoms with Crippen LogP contribution in [0, 0.1) is 11.8 Å². The summed E-state index contributed by atoms with van der Waals surface area (Å²) in [5, 5.41) is 9.29. The van der Waals surface area contributed by atoms with E-state index in [4.69, 9.17) is 5.73 Å². The highest BCUT2D eigenvalue weighted by Gasteiger charge is 2.53. The molecule has 0 heterocycles. The molecule has 0 amide bonds. The van der Waals surface area contributed by atoms with E-state index in [-0.39, 0.29) is 11.6 Å². The van der Waals surface area contributed by atoms with Crippen LogP contribution >= 0.6 is 0 Å². The van der Waals surface area contributed by atoms with Crippen LogP contribution in [0.1, 0.15) is 26.2 Å². The minimum Gasteiger partial charge on any atom is -0.393 e. The number of hydrogen-bond acceptors (Lipinski definition) is 2. The summed E-state index contributed by atoms with van der Waals surface area (Å²) in [5.41, 5.74) is 6.08. The third kappa shape index (κ3) is 0.663. The number of aliphatic hydroxyl groups excluding tert-OH is 1. The highest BCUT2D eigenvalue weighted by Crippen LogP contribution is 2.51. The monoisotopic (exact) mass is 141 g/mol. The molecule has 3 aliphatic rings. The molecule has 0 radical (unpaired) electrons. The van der Waals surface area contributed by atoms with E-state index in [9.17, 15) is 5.11 Å². The fourth-order valence-electron chi connectivity index (χ4n) is 2.48. The van der Waals surface area contributed by atoms with E-state index in [1.54, 1.807) is 0 Å². The van der Waals surface area contributed by atoms with Gasteiger partial charge < -0.3 is 10.8 Å². The second-order valence-electron chi connectivity index (χ2n) is 4.12. The molecule has 4 atom stereocenters. The molecule has 2 bridgehead atoms. The summed E-state index contributed by atoms with van der Waals surface area (Å²) in [4.78, 5) is 0. The molecule has 2 heteroatoms. The van der Waals surface area contributed by atoms with Crippen LogP contribution in [0.3, 0.4) is 0 Å². The van der Waals surface area contributed by atoms with Crippen LogP contribution in [0.25, 0.3) is 0 Å². The van der Waals surface area contributed by atoms with Crippen molar-refractivity contribution in [2.75, 3.05) is 0 Å². The molecule has 0 aromatic carbocycles. The van der Waals surface area contributed by atoms with Gasteiger partial charge in [0.05, 0.1) is 6.10 Å². The van der Waals surface area contributed by atoms with Gasteiger partial charge in [-0.1, -0.05) is 0 Å². The van der Waals surface area contributed by atoms with E-state index in [1.165, 1.54) is 6.42 Å². The molecule has 0 aromatic rings. The third-order valence-electron chi connectivity index (χ3n) is 3.44. The number of hydrogen-bond donors (Lipinski definition) is 2. The molecular weight excluding hydrogens is 126 g/mol. The maximum absolute atomic E-state index is 9.29. The molecule has 0 spiro atoms. The van der Waals surface area contributed by atoms with Crippen LogP contribution in [-0.4, -0.2) is 16.7 Å². The van der Waals surface area contributed by atoms with Crippen molar-refractivity contribution in [3.8, 4) is 0 Å². The first-order valence-electron chi connectivity index (χ1n) is 4.07. The van der Waals surface area contributed by atoms with Gasteiger partial charge in [-0.05, 0) is 38.0 Å². The Balaban J connectivity index is 2.10. The van der Waals surface area contributed by atoms with E-state index in [2.05, 4.69) is 6.92 Å². The number of aliphatic hydroxyl groups is 1. The Morgan fingerprint density at radius 1 is 1.30 bits per heavy atom. The van der Waals surface area contributed by atoms with Crippen molar-refractivity contribution < 1.29 is 5.11 Å². The predicted octanol–water partition coefficient (Wildman–Crippen LogP) is 0.495. The molecule has 10 heavy (non-hydrogen) atoms. The zero-order valence-corrected chi connectivity index (χ0v) is 6.38. The molecule has 3 rings (SSSR count). The first-order valence-corrected chi connectivity index (χ1v) is 4.07. The van der Waals surface area contributed by atoms with E-state index in [0.29, 0.717) is 11.8 Å². The second-order valence-corrected chi connectivity index (χ2v) is 4.12.